The van der Waals surface area contributed by atoms with E-state index >= 15 is 0 Å². The predicted octanol–water partition coefficient (Wildman–Crippen LogP) is 2.55. The lowest BCUT2D eigenvalue weighted by Gasteiger charge is -2.11. The lowest BCUT2D eigenvalue weighted by Crippen LogP contribution is -2.07. The highest BCUT2D eigenvalue weighted by molar-refractivity contribution is 5.87. The number of para-hydroxylation sites is 1. The Hall–Kier alpha value is -2.34. The van der Waals surface area contributed by atoms with Gasteiger partial charge in [0.2, 0.25) is 0 Å². The van der Waals surface area contributed by atoms with Crippen molar-refractivity contribution in [3.63, 3.8) is 0 Å². The maximum atomic E-state index is 11.5. The molecule has 1 aromatic heterocycles. The molecule has 0 bridgehead atoms. The molecule has 1 N–H and O–H groups in total. The Balaban J connectivity index is 2.42. The molecule has 0 atom stereocenters. The Morgan fingerprint density at radius 1 is 1.23 bits per heavy atom. The summed E-state index contributed by atoms with van der Waals surface area (Å²) in [7, 11) is 3.14. The smallest absolute Gasteiger partial charge is 0.356 e. The molecule has 1 aromatic carbocycles. The molecule has 22 heavy (non-hydrogen) atoms. The highest BCUT2D eigenvalue weighted by Gasteiger charge is 2.23. The number of carbonyl (C=O) groups is 1. The zero-order valence-electron chi connectivity index (χ0n) is 12.8. The fourth-order valence-corrected chi connectivity index (χ4v) is 2.35. The second kappa shape index (κ2) is 7.61. The number of carboxylic acid groups (broad SMARTS) is 1. The fraction of sp³-hybridized carbons (Fsp3) is 0.375. The zero-order valence-corrected chi connectivity index (χ0v) is 12.8. The molecule has 0 fully saturated rings. The van der Waals surface area contributed by atoms with Crippen LogP contribution >= 0.6 is 0 Å². The standard InChI is InChI=1S/C16H20N2O4/c1-21-11-7-6-10-13-14(15(19)20)17-16(22-2)18(13)12-8-4-3-5-9-12/h3-5,8-9H,6-7,10-11H2,1-2H3,(H,19,20). The highest BCUT2D eigenvalue weighted by Crippen LogP contribution is 2.25. The van der Waals surface area contributed by atoms with Gasteiger partial charge in [0, 0.05) is 13.7 Å². The number of carboxylic acids is 1. The minimum Gasteiger partial charge on any atom is -0.476 e. The van der Waals surface area contributed by atoms with Crippen molar-refractivity contribution in [2.24, 2.45) is 0 Å². The molecular formula is C16H20N2O4. The van der Waals surface area contributed by atoms with Crippen LogP contribution in [0, 0.1) is 0 Å². The van der Waals surface area contributed by atoms with Gasteiger partial charge < -0.3 is 14.6 Å². The number of nitrogens with zero attached hydrogens (tertiary/aromatic N) is 2. The second-order valence-electron chi connectivity index (χ2n) is 4.82. The van der Waals surface area contributed by atoms with Gasteiger partial charge in [-0.15, -0.1) is 0 Å². The average molecular weight is 304 g/mol. The summed E-state index contributed by atoms with van der Waals surface area (Å²) in [4.78, 5) is 15.6. The molecule has 0 amide bonds. The van der Waals surface area contributed by atoms with Gasteiger partial charge in [0.1, 0.15) is 0 Å². The van der Waals surface area contributed by atoms with E-state index in [1.165, 1.54) is 7.11 Å². The molecule has 0 aliphatic rings. The highest BCUT2D eigenvalue weighted by atomic mass is 16.5. The number of hydrogen-bond donors (Lipinski definition) is 1. The molecule has 0 aliphatic heterocycles. The number of benzene rings is 1. The summed E-state index contributed by atoms with van der Waals surface area (Å²) < 4.78 is 12.1. The van der Waals surface area contributed by atoms with Crippen molar-refractivity contribution in [1.82, 2.24) is 9.55 Å². The van der Waals surface area contributed by atoms with Crippen LogP contribution in [0.4, 0.5) is 0 Å². The minimum atomic E-state index is -1.05. The monoisotopic (exact) mass is 304 g/mol. The molecule has 0 radical (unpaired) electrons. The van der Waals surface area contributed by atoms with Crippen LogP contribution in [0.15, 0.2) is 30.3 Å². The van der Waals surface area contributed by atoms with E-state index < -0.39 is 5.97 Å². The number of methoxy groups -OCH3 is 2. The number of unbranched alkanes of at least 4 members (excludes halogenated alkanes) is 1. The Bertz CT molecular complexity index is 623. The second-order valence-corrected chi connectivity index (χ2v) is 4.82. The molecule has 0 unspecified atom stereocenters. The molecule has 2 aromatic rings. The number of imidazole rings is 1. The van der Waals surface area contributed by atoms with Crippen molar-refractivity contribution in [2.75, 3.05) is 20.8 Å². The first-order chi connectivity index (χ1) is 10.7. The van der Waals surface area contributed by atoms with E-state index in [2.05, 4.69) is 4.98 Å². The van der Waals surface area contributed by atoms with Crippen LogP contribution in [0.25, 0.3) is 5.69 Å². The van der Waals surface area contributed by atoms with Crippen LogP contribution in [0.3, 0.4) is 0 Å². The summed E-state index contributed by atoms with van der Waals surface area (Å²) in [5.74, 6) is -1.05. The first-order valence-electron chi connectivity index (χ1n) is 7.12. The van der Waals surface area contributed by atoms with E-state index in [0.717, 1.165) is 18.5 Å². The van der Waals surface area contributed by atoms with Gasteiger partial charge in [-0.2, -0.15) is 4.98 Å². The fourth-order valence-electron chi connectivity index (χ4n) is 2.35. The van der Waals surface area contributed by atoms with Gasteiger partial charge >= 0.3 is 12.0 Å². The van der Waals surface area contributed by atoms with Crippen molar-refractivity contribution < 1.29 is 19.4 Å². The number of aromatic nitrogens is 2. The first kappa shape index (κ1) is 16.0. The van der Waals surface area contributed by atoms with Crippen molar-refractivity contribution in [3.8, 4) is 11.7 Å². The van der Waals surface area contributed by atoms with Gasteiger partial charge in [-0.25, -0.2) is 4.79 Å². The van der Waals surface area contributed by atoms with Crippen molar-refractivity contribution in [3.05, 3.63) is 41.7 Å². The van der Waals surface area contributed by atoms with Gasteiger partial charge in [-0.1, -0.05) is 18.2 Å². The van der Waals surface area contributed by atoms with Gasteiger partial charge in [0.15, 0.2) is 5.69 Å². The summed E-state index contributed by atoms with van der Waals surface area (Å²) in [6.45, 7) is 0.652. The normalized spacial score (nSPS) is 10.6. The third kappa shape index (κ3) is 3.46. The lowest BCUT2D eigenvalue weighted by molar-refractivity contribution is 0.0689. The summed E-state index contributed by atoms with van der Waals surface area (Å²) >= 11 is 0. The maximum Gasteiger partial charge on any atom is 0.356 e. The number of hydrogen-bond acceptors (Lipinski definition) is 4. The predicted molar refractivity (Wildman–Crippen MR) is 81.9 cm³/mol. The first-order valence-corrected chi connectivity index (χ1v) is 7.12. The maximum absolute atomic E-state index is 11.5. The Morgan fingerprint density at radius 2 is 1.95 bits per heavy atom. The molecule has 0 aliphatic carbocycles. The molecule has 0 saturated carbocycles. The van der Waals surface area contributed by atoms with E-state index in [1.807, 2.05) is 30.3 Å². The van der Waals surface area contributed by atoms with Crippen LogP contribution in [0.2, 0.25) is 0 Å². The molecule has 0 spiro atoms. The van der Waals surface area contributed by atoms with Gasteiger partial charge in [-0.05, 0) is 31.4 Å². The molecule has 118 valence electrons. The van der Waals surface area contributed by atoms with E-state index in [0.29, 0.717) is 18.7 Å². The van der Waals surface area contributed by atoms with E-state index in [1.54, 1.807) is 11.7 Å². The summed E-state index contributed by atoms with van der Waals surface area (Å²) in [5.41, 5.74) is 1.52. The van der Waals surface area contributed by atoms with Crippen molar-refractivity contribution in [1.29, 1.82) is 0 Å². The quantitative estimate of drug-likeness (QED) is 0.759. The molecule has 6 heteroatoms. The third-order valence-corrected chi connectivity index (χ3v) is 3.35. The van der Waals surface area contributed by atoms with E-state index in [-0.39, 0.29) is 11.7 Å². The van der Waals surface area contributed by atoms with Crippen LogP contribution in [-0.4, -0.2) is 41.5 Å². The molecule has 6 nitrogen and oxygen atoms in total. The summed E-state index contributed by atoms with van der Waals surface area (Å²) in [6.07, 6.45) is 2.27. The topological polar surface area (TPSA) is 73.6 Å². The number of rotatable bonds is 8. The number of ether oxygens (including phenoxy) is 2. The zero-order chi connectivity index (χ0) is 15.9. The van der Waals surface area contributed by atoms with Gasteiger partial charge in [-0.3, -0.25) is 4.57 Å². The SMILES string of the molecule is COCCCCc1c(C(=O)O)nc(OC)n1-c1ccccc1. The van der Waals surface area contributed by atoms with Crippen molar-refractivity contribution >= 4 is 5.97 Å². The van der Waals surface area contributed by atoms with E-state index in [4.69, 9.17) is 9.47 Å². The lowest BCUT2D eigenvalue weighted by atomic mass is 10.1. The van der Waals surface area contributed by atoms with Gasteiger partial charge in [0.25, 0.3) is 0 Å². The Morgan fingerprint density at radius 3 is 2.55 bits per heavy atom. The third-order valence-electron chi connectivity index (χ3n) is 3.35. The number of aromatic carboxylic acids is 1. The van der Waals surface area contributed by atoms with Gasteiger partial charge in [0.05, 0.1) is 18.5 Å². The molecule has 2 rings (SSSR count). The van der Waals surface area contributed by atoms with E-state index in [9.17, 15) is 9.90 Å². The molecule has 0 saturated heterocycles. The van der Waals surface area contributed by atoms with Crippen LogP contribution in [-0.2, 0) is 11.2 Å². The van der Waals surface area contributed by atoms with Crippen LogP contribution in [0.5, 0.6) is 6.01 Å². The minimum absolute atomic E-state index is 0.0399. The summed E-state index contributed by atoms with van der Waals surface area (Å²) in [5, 5.41) is 9.39. The average Bonchev–Trinajstić information content (AvgIpc) is 2.91. The summed E-state index contributed by atoms with van der Waals surface area (Å²) in [6, 6.07) is 9.77. The Labute approximate surface area is 129 Å². The van der Waals surface area contributed by atoms with Crippen molar-refractivity contribution in [2.45, 2.75) is 19.3 Å². The largest absolute Gasteiger partial charge is 0.476 e. The molecular weight excluding hydrogens is 284 g/mol. The van der Waals surface area contributed by atoms with Crippen LogP contribution < -0.4 is 4.74 Å². The van der Waals surface area contributed by atoms with Crippen LogP contribution in [0.1, 0.15) is 29.0 Å². The Kier molecular flexibility index (Phi) is 5.55. The molecule has 1 heterocycles.